The first-order valence-corrected chi connectivity index (χ1v) is 12.5. The van der Waals surface area contributed by atoms with Crippen molar-refractivity contribution in [1.82, 2.24) is 4.90 Å². The molecule has 190 valence electrons. The highest BCUT2D eigenvalue weighted by Gasteiger charge is 2.46. The number of amides is 2. The predicted octanol–water partition coefficient (Wildman–Crippen LogP) is 4.02. The molecule has 2 amide bonds. The van der Waals surface area contributed by atoms with E-state index in [4.69, 9.17) is 9.47 Å². The summed E-state index contributed by atoms with van der Waals surface area (Å²) >= 11 is 0. The molecule has 36 heavy (non-hydrogen) atoms. The number of ether oxygens (including phenoxy) is 2. The topological polar surface area (TPSA) is 93.2 Å². The van der Waals surface area contributed by atoms with Gasteiger partial charge in [-0.25, -0.2) is 9.69 Å². The molecular weight excluding hydrogens is 460 g/mol. The molecule has 0 N–H and O–H groups in total. The minimum absolute atomic E-state index is 0.158. The molecule has 1 unspecified atom stereocenters. The number of Topliss-reactive ketones (excluding diaryl/α,β-unsaturated/α-hetero) is 1. The third-order valence-corrected chi connectivity index (χ3v) is 6.93. The SMILES string of the molecule is CCOc1ccc(C(=O)COC(=O)c2ccc(N3C(=O)CC(N4[C@H](C)CCC[C@@H]4C)C3=O)cc2)cc1. The molecule has 0 bridgehead atoms. The second-order valence-corrected chi connectivity index (χ2v) is 9.37. The second-order valence-electron chi connectivity index (χ2n) is 9.37. The Morgan fingerprint density at radius 1 is 0.917 bits per heavy atom. The predicted molar refractivity (Wildman–Crippen MR) is 134 cm³/mol. The molecule has 4 rings (SSSR count). The number of carbonyl (C=O) groups excluding carboxylic acids is 4. The molecular formula is C28H32N2O6. The summed E-state index contributed by atoms with van der Waals surface area (Å²) in [4.78, 5) is 54.2. The van der Waals surface area contributed by atoms with Gasteiger partial charge in [0, 0.05) is 17.6 Å². The van der Waals surface area contributed by atoms with E-state index in [9.17, 15) is 19.2 Å². The second kappa shape index (κ2) is 11.0. The van der Waals surface area contributed by atoms with Crippen molar-refractivity contribution in [2.24, 2.45) is 0 Å². The van der Waals surface area contributed by atoms with E-state index in [1.807, 2.05) is 6.92 Å². The highest BCUT2D eigenvalue weighted by atomic mass is 16.5. The lowest BCUT2D eigenvalue weighted by molar-refractivity contribution is -0.124. The first kappa shape index (κ1) is 25.6. The van der Waals surface area contributed by atoms with Crippen LogP contribution in [0.4, 0.5) is 5.69 Å². The molecule has 0 aliphatic carbocycles. The molecule has 0 spiro atoms. The fraction of sp³-hybridized carbons (Fsp3) is 0.429. The normalized spacial score (nSPS) is 22.5. The summed E-state index contributed by atoms with van der Waals surface area (Å²) in [5.41, 5.74) is 1.07. The van der Waals surface area contributed by atoms with E-state index in [1.165, 1.54) is 17.0 Å². The van der Waals surface area contributed by atoms with Crippen LogP contribution in [-0.4, -0.2) is 59.8 Å². The summed E-state index contributed by atoms with van der Waals surface area (Å²) in [6, 6.07) is 12.8. The number of nitrogens with zero attached hydrogens (tertiary/aromatic N) is 2. The minimum atomic E-state index is -0.659. The fourth-order valence-electron chi connectivity index (χ4n) is 5.12. The third-order valence-electron chi connectivity index (χ3n) is 6.93. The van der Waals surface area contributed by atoms with Crippen molar-refractivity contribution < 1.29 is 28.7 Å². The number of piperidine rings is 1. The third kappa shape index (κ3) is 5.33. The lowest BCUT2D eigenvalue weighted by atomic mass is 9.94. The van der Waals surface area contributed by atoms with Crippen molar-refractivity contribution in [1.29, 1.82) is 0 Å². The average molecular weight is 493 g/mol. The van der Waals surface area contributed by atoms with Gasteiger partial charge in [-0.05, 0) is 82.1 Å². The lowest BCUT2D eigenvalue weighted by Gasteiger charge is -2.41. The summed E-state index contributed by atoms with van der Waals surface area (Å²) < 4.78 is 10.5. The summed E-state index contributed by atoms with van der Waals surface area (Å²) in [6.45, 7) is 6.22. The molecule has 3 atom stereocenters. The molecule has 8 nitrogen and oxygen atoms in total. The Labute approximate surface area is 211 Å². The van der Waals surface area contributed by atoms with Crippen molar-refractivity contribution in [2.75, 3.05) is 18.1 Å². The highest BCUT2D eigenvalue weighted by Crippen LogP contribution is 2.32. The number of rotatable bonds is 8. The van der Waals surface area contributed by atoms with Gasteiger partial charge >= 0.3 is 5.97 Å². The summed E-state index contributed by atoms with van der Waals surface area (Å²) in [7, 11) is 0. The average Bonchev–Trinajstić information content (AvgIpc) is 3.16. The Balaban J connectivity index is 1.37. The molecule has 2 fully saturated rings. The molecule has 2 aliphatic heterocycles. The van der Waals surface area contributed by atoms with Gasteiger partial charge in [0.25, 0.3) is 5.91 Å². The van der Waals surface area contributed by atoms with E-state index in [-0.39, 0.29) is 41.7 Å². The van der Waals surface area contributed by atoms with Crippen LogP contribution in [0.2, 0.25) is 0 Å². The van der Waals surface area contributed by atoms with Crippen LogP contribution in [-0.2, 0) is 14.3 Å². The molecule has 8 heteroatoms. The number of hydrogen-bond acceptors (Lipinski definition) is 7. The van der Waals surface area contributed by atoms with Gasteiger partial charge in [-0.3, -0.25) is 19.3 Å². The maximum Gasteiger partial charge on any atom is 0.338 e. The smallest absolute Gasteiger partial charge is 0.338 e. The zero-order valence-electron chi connectivity index (χ0n) is 20.9. The van der Waals surface area contributed by atoms with Crippen molar-refractivity contribution in [3.63, 3.8) is 0 Å². The van der Waals surface area contributed by atoms with E-state index >= 15 is 0 Å². The largest absolute Gasteiger partial charge is 0.494 e. The Kier molecular flexibility index (Phi) is 7.84. The highest BCUT2D eigenvalue weighted by molar-refractivity contribution is 6.22. The van der Waals surface area contributed by atoms with Crippen LogP contribution in [0, 0.1) is 0 Å². The standard InChI is InChI=1S/C28H32N2O6/c1-4-35-23-14-10-20(11-15-23)25(31)17-36-28(34)21-8-12-22(13-9-21)30-26(32)16-24(27(30)33)29-18(2)6-5-7-19(29)3/h8-15,18-19,24H,4-7,16-17H2,1-3H3/t18-,19+,24?. The minimum Gasteiger partial charge on any atom is -0.494 e. The lowest BCUT2D eigenvalue weighted by Crippen LogP contribution is -2.52. The van der Waals surface area contributed by atoms with Gasteiger partial charge in [-0.1, -0.05) is 6.42 Å². The van der Waals surface area contributed by atoms with Gasteiger partial charge in [0.2, 0.25) is 5.91 Å². The number of esters is 1. The molecule has 2 aliphatic rings. The molecule has 0 radical (unpaired) electrons. The number of hydrogen-bond donors (Lipinski definition) is 0. The van der Waals surface area contributed by atoms with Crippen LogP contribution in [0.15, 0.2) is 48.5 Å². The van der Waals surface area contributed by atoms with Gasteiger partial charge in [-0.2, -0.15) is 0 Å². The zero-order valence-corrected chi connectivity index (χ0v) is 20.9. The van der Waals surface area contributed by atoms with Crippen molar-refractivity contribution >= 4 is 29.3 Å². The van der Waals surface area contributed by atoms with Gasteiger partial charge < -0.3 is 9.47 Å². The summed E-state index contributed by atoms with van der Waals surface area (Å²) in [5.74, 6) is -0.798. The Bertz CT molecular complexity index is 1120. The van der Waals surface area contributed by atoms with Crippen LogP contribution in [0.5, 0.6) is 5.75 Å². The number of anilines is 1. The number of carbonyl (C=O) groups is 4. The number of likely N-dealkylation sites (tertiary alicyclic amines) is 1. The van der Waals surface area contributed by atoms with E-state index < -0.39 is 18.6 Å². The first-order chi connectivity index (χ1) is 17.3. The van der Waals surface area contributed by atoms with E-state index in [1.54, 1.807) is 36.4 Å². The van der Waals surface area contributed by atoms with Crippen LogP contribution < -0.4 is 9.64 Å². The summed E-state index contributed by atoms with van der Waals surface area (Å²) in [6.07, 6.45) is 3.31. The number of benzene rings is 2. The van der Waals surface area contributed by atoms with Gasteiger partial charge in [0.05, 0.1) is 30.3 Å². The monoisotopic (exact) mass is 492 g/mol. The number of imide groups is 1. The Morgan fingerprint density at radius 2 is 1.53 bits per heavy atom. The molecule has 2 saturated heterocycles. The quantitative estimate of drug-likeness (QED) is 0.312. The van der Waals surface area contributed by atoms with Crippen molar-refractivity contribution in [3.05, 3.63) is 59.7 Å². The fourth-order valence-corrected chi connectivity index (χ4v) is 5.12. The molecule has 2 heterocycles. The van der Waals surface area contributed by atoms with Gasteiger partial charge in [0.15, 0.2) is 12.4 Å². The van der Waals surface area contributed by atoms with E-state index in [0.717, 1.165) is 19.3 Å². The van der Waals surface area contributed by atoms with Crippen molar-refractivity contribution in [3.8, 4) is 5.75 Å². The Hall–Kier alpha value is -3.52. The van der Waals surface area contributed by atoms with Crippen LogP contribution >= 0.6 is 0 Å². The maximum atomic E-state index is 13.2. The van der Waals surface area contributed by atoms with Crippen LogP contribution in [0.3, 0.4) is 0 Å². The molecule has 2 aromatic carbocycles. The summed E-state index contributed by atoms with van der Waals surface area (Å²) in [5, 5.41) is 0. The van der Waals surface area contributed by atoms with Crippen LogP contribution in [0.1, 0.15) is 67.2 Å². The van der Waals surface area contributed by atoms with E-state index in [2.05, 4.69) is 18.7 Å². The molecule has 0 saturated carbocycles. The molecule has 2 aromatic rings. The number of ketones is 1. The van der Waals surface area contributed by atoms with Crippen molar-refractivity contribution in [2.45, 2.75) is 64.6 Å². The maximum absolute atomic E-state index is 13.2. The first-order valence-electron chi connectivity index (χ1n) is 12.5. The van der Waals surface area contributed by atoms with Gasteiger partial charge in [-0.15, -0.1) is 0 Å². The van der Waals surface area contributed by atoms with Gasteiger partial charge in [0.1, 0.15) is 5.75 Å². The Morgan fingerprint density at radius 3 is 2.14 bits per heavy atom. The van der Waals surface area contributed by atoms with E-state index in [0.29, 0.717) is 23.6 Å². The molecule has 0 aromatic heterocycles. The van der Waals surface area contributed by atoms with Crippen LogP contribution in [0.25, 0.3) is 0 Å². The zero-order chi connectivity index (χ0) is 25.8.